The van der Waals surface area contributed by atoms with Crippen LogP contribution < -0.4 is 0 Å². The number of rotatable bonds is 3. The molecule has 0 aromatic heterocycles. The van der Waals surface area contributed by atoms with Crippen molar-refractivity contribution in [3.63, 3.8) is 0 Å². The van der Waals surface area contributed by atoms with Gasteiger partial charge in [0.25, 0.3) is 0 Å². The molecular weight excluding hydrogens is 272 g/mol. The normalized spacial score (nSPS) is 9.44. The van der Waals surface area contributed by atoms with Gasteiger partial charge in [0.15, 0.2) is 5.12 Å². The molecule has 1 aromatic carbocycles. The van der Waals surface area contributed by atoms with Crippen LogP contribution in [0.1, 0.15) is 29.3 Å². The van der Waals surface area contributed by atoms with Crippen molar-refractivity contribution >= 4 is 34.4 Å². The molecule has 1 rings (SSSR count). The number of carboxylic acid groups (broad SMARTS) is 1. The van der Waals surface area contributed by atoms with Gasteiger partial charge in [0.1, 0.15) is 0 Å². The van der Waals surface area contributed by atoms with Crippen molar-refractivity contribution in [1.29, 1.82) is 0 Å². The Morgan fingerprint density at radius 2 is 2.17 bits per heavy atom. The highest BCUT2D eigenvalue weighted by atomic mass is 35.5. The van der Waals surface area contributed by atoms with Crippen LogP contribution in [0.4, 0.5) is 0 Å². The number of thioether (sulfide) groups is 1. The summed E-state index contributed by atoms with van der Waals surface area (Å²) in [4.78, 5) is 21.5. The number of halogens is 1. The molecule has 5 heteroatoms. The molecule has 0 aliphatic rings. The summed E-state index contributed by atoms with van der Waals surface area (Å²) in [6.45, 7) is 1.51. The number of carbonyl (C=O) groups excluding carboxylic acids is 1. The van der Waals surface area contributed by atoms with Crippen molar-refractivity contribution in [3.05, 3.63) is 34.3 Å². The molecule has 1 aromatic rings. The Balaban J connectivity index is 2.71. The predicted molar refractivity (Wildman–Crippen MR) is 73.0 cm³/mol. The van der Waals surface area contributed by atoms with Crippen LogP contribution in [0.15, 0.2) is 18.2 Å². The van der Waals surface area contributed by atoms with Crippen molar-refractivity contribution in [1.82, 2.24) is 0 Å². The molecule has 0 radical (unpaired) electrons. The number of carbonyl (C=O) groups is 2. The van der Waals surface area contributed by atoms with Crippen molar-refractivity contribution in [3.8, 4) is 11.8 Å². The Morgan fingerprint density at radius 3 is 2.78 bits per heavy atom. The van der Waals surface area contributed by atoms with Gasteiger partial charge in [0.05, 0.1) is 10.6 Å². The minimum atomic E-state index is -1.01. The van der Waals surface area contributed by atoms with E-state index in [0.29, 0.717) is 22.8 Å². The highest BCUT2D eigenvalue weighted by Crippen LogP contribution is 2.16. The summed E-state index contributed by atoms with van der Waals surface area (Å²) >= 11 is 7.12. The standard InChI is InChI=1S/C13H11ClO3S/c1-9(15)18-7-3-2-4-10-8-11(13(16)17)5-6-12(10)14/h5-6,8H,3,7H2,1H3,(H,16,17). The molecule has 0 fully saturated rings. The Kier molecular flexibility index (Phi) is 5.76. The zero-order valence-electron chi connectivity index (χ0n) is 9.70. The molecule has 0 spiro atoms. The summed E-state index contributed by atoms with van der Waals surface area (Å²) in [7, 11) is 0. The molecule has 18 heavy (non-hydrogen) atoms. The Morgan fingerprint density at radius 1 is 1.44 bits per heavy atom. The van der Waals surface area contributed by atoms with E-state index in [1.165, 1.54) is 36.9 Å². The maximum absolute atomic E-state index is 10.8. The van der Waals surface area contributed by atoms with Crippen LogP contribution in [0.3, 0.4) is 0 Å². The molecule has 0 aliphatic carbocycles. The number of aromatic carboxylic acids is 1. The smallest absolute Gasteiger partial charge is 0.335 e. The van der Waals surface area contributed by atoms with Crippen LogP contribution in [-0.2, 0) is 4.79 Å². The van der Waals surface area contributed by atoms with Crippen LogP contribution in [-0.4, -0.2) is 21.9 Å². The van der Waals surface area contributed by atoms with Crippen LogP contribution in [0, 0.1) is 11.8 Å². The van der Waals surface area contributed by atoms with Crippen molar-refractivity contribution < 1.29 is 14.7 Å². The maximum atomic E-state index is 10.8. The summed E-state index contributed by atoms with van der Waals surface area (Å²) in [5.41, 5.74) is 0.645. The highest BCUT2D eigenvalue weighted by molar-refractivity contribution is 8.13. The summed E-state index contributed by atoms with van der Waals surface area (Å²) in [6, 6.07) is 4.39. The molecule has 0 saturated carbocycles. The van der Waals surface area contributed by atoms with E-state index in [-0.39, 0.29) is 10.7 Å². The van der Waals surface area contributed by atoms with Crippen LogP contribution in [0.25, 0.3) is 0 Å². The lowest BCUT2D eigenvalue weighted by Crippen LogP contribution is -1.96. The quantitative estimate of drug-likeness (QED) is 0.684. The van der Waals surface area contributed by atoms with Crippen LogP contribution >= 0.6 is 23.4 Å². The molecule has 0 unspecified atom stereocenters. The molecule has 94 valence electrons. The van der Waals surface area contributed by atoms with Gasteiger partial charge in [0.2, 0.25) is 0 Å². The molecule has 0 aliphatic heterocycles. The average Bonchev–Trinajstić information content (AvgIpc) is 2.30. The second kappa shape index (κ2) is 7.10. The summed E-state index contributed by atoms with van der Waals surface area (Å²) in [5, 5.41) is 9.32. The molecular formula is C13H11ClO3S. The van der Waals surface area contributed by atoms with Crippen molar-refractivity contribution in [2.24, 2.45) is 0 Å². The zero-order valence-corrected chi connectivity index (χ0v) is 11.3. The van der Waals surface area contributed by atoms with E-state index in [9.17, 15) is 9.59 Å². The van der Waals surface area contributed by atoms with Gasteiger partial charge in [-0.1, -0.05) is 35.2 Å². The predicted octanol–water partition coefficient (Wildman–Crippen LogP) is 3.06. The molecule has 1 N–H and O–H groups in total. The van der Waals surface area contributed by atoms with Crippen LogP contribution in [0.5, 0.6) is 0 Å². The van der Waals surface area contributed by atoms with Gasteiger partial charge >= 0.3 is 5.97 Å². The number of hydrogen-bond donors (Lipinski definition) is 1. The van der Waals surface area contributed by atoms with E-state index in [1.54, 1.807) is 0 Å². The molecule has 0 amide bonds. The average molecular weight is 283 g/mol. The number of benzene rings is 1. The van der Waals surface area contributed by atoms with E-state index < -0.39 is 5.97 Å². The first kappa shape index (κ1) is 14.6. The van der Waals surface area contributed by atoms with Crippen LogP contribution in [0.2, 0.25) is 5.02 Å². The molecule has 0 bridgehead atoms. The molecule has 0 saturated heterocycles. The van der Waals surface area contributed by atoms with E-state index in [2.05, 4.69) is 11.8 Å². The number of carboxylic acids is 1. The third-order valence-corrected chi connectivity index (χ3v) is 3.11. The van der Waals surface area contributed by atoms with Gasteiger partial charge in [-0.05, 0) is 18.2 Å². The van der Waals surface area contributed by atoms with E-state index in [4.69, 9.17) is 16.7 Å². The first-order valence-corrected chi connectivity index (χ1v) is 6.52. The Bertz CT molecular complexity index is 529. The van der Waals surface area contributed by atoms with E-state index in [0.717, 1.165) is 0 Å². The molecule has 3 nitrogen and oxygen atoms in total. The fourth-order valence-electron chi connectivity index (χ4n) is 1.16. The lowest BCUT2D eigenvalue weighted by atomic mass is 10.1. The van der Waals surface area contributed by atoms with Gasteiger partial charge in [-0.2, -0.15) is 0 Å². The third-order valence-electron chi connectivity index (χ3n) is 1.97. The van der Waals surface area contributed by atoms with E-state index >= 15 is 0 Å². The van der Waals surface area contributed by atoms with Gasteiger partial charge in [-0.15, -0.1) is 0 Å². The summed E-state index contributed by atoms with van der Waals surface area (Å²) in [6.07, 6.45) is 0.553. The van der Waals surface area contributed by atoms with Gasteiger partial charge in [0, 0.05) is 24.7 Å². The topological polar surface area (TPSA) is 54.4 Å². The SMILES string of the molecule is CC(=O)SCCC#Cc1cc(C(=O)O)ccc1Cl. The molecule has 0 atom stereocenters. The van der Waals surface area contributed by atoms with E-state index in [1.807, 2.05) is 0 Å². The van der Waals surface area contributed by atoms with Crippen molar-refractivity contribution in [2.75, 3.05) is 5.75 Å². The summed E-state index contributed by atoms with van der Waals surface area (Å²) < 4.78 is 0. The van der Waals surface area contributed by atoms with Crippen molar-refractivity contribution in [2.45, 2.75) is 13.3 Å². The Hall–Kier alpha value is -1.44. The highest BCUT2D eigenvalue weighted by Gasteiger charge is 2.05. The first-order chi connectivity index (χ1) is 8.50. The fraction of sp³-hybridized carbons (Fsp3) is 0.231. The lowest BCUT2D eigenvalue weighted by Gasteiger charge is -1.98. The fourth-order valence-corrected chi connectivity index (χ4v) is 1.81. The van der Waals surface area contributed by atoms with Gasteiger partial charge in [-0.25, -0.2) is 4.79 Å². The lowest BCUT2D eigenvalue weighted by molar-refractivity contribution is -0.109. The maximum Gasteiger partial charge on any atom is 0.335 e. The monoisotopic (exact) mass is 282 g/mol. The third kappa shape index (κ3) is 4.82. The summed E-state index contributed by atoms with van der Waals surface area (Å²) in [5.74, 6) is 5.29. The number of hydrogen-bond acceptors (Lipinski definition) is 3. The van der Waals surface area contributed by atoms with Gasteiger partial charge in [-0.3, -0.25) is 4.79 Å². The second-order valence-electron chi connectivity index (χ2n) is 3.39. The minimum Gasteiger partial charge on any atom is -0.478 e. The minimum absolute atomic E-state index is 0.0581. The second-order valence-corrected chi connectivity index (χ2v) is 5.07. The molecule has 0 heterocycles. The first-order valence-electron chi connectivity index (χ1n) is 5.16. The zero-order chi connectivity index (χ0) is 13.5. The Labute approximate surface area is 115 Å². The largest absolute Gasteiger partial charge is 0.478 e. The van der Waals surface area contributed by atoms with Gasteiger partial charge < -0.3 is 5.11 Å².